The highest BCUT2D eigenvalue weighted by Gasteiger charge is 2.11. The van der Waals surface area contributed by atoms with E-state index in [4.69, 9.17) is 0 Å². The number of aromatic nitrogens is 3. The summed E-state index contributed by atoms with van der Waals surface area (Å²) in [6, 6.07) is 19.0. The van der Waals surface area contributed by atoms with Gasteiger partial charge in [0.25, 0.3) is 5.91 Å². The second kappa shape index (κ2) is 10.7. The van der Waals surface area contributed by atoms with Gasteiger partial charge in [-0.25, -0.2) is 9.97 Å². The molecule has 1 aliphatic rings. The molecule has 0 fully saturated rings. The number of benzene rings is 2. The zero-order valence-corrected chi connectivity index (χ0v) is 20.6. The SMILES string of the molecule is Cc1ccc(C(=O)Nc2ccc(C3=CN(C)C=CC=C3)cc2)cc1Nc1nccc(-c2cccnc2)n1. The van der Waals surface area contributed by atoms with Gasteiger partial charge in [-0.3, -0.25) is 9.78 Å². The smallest absolute Gasteiger partial charge is 0.255 e. The van der Waals surface area contributed by atoms with Crippen molar-refractivity contribution in [2.24, 2.45) is 0 Å². The summed E-state index contributed by atoms with van der Waals surface area (Å²) >= 11 is 0. The minimum absolute atomic E-state index is 0.196. The molecule has 3 heterocycles. The number of anilines is 3. The standard InChI is InChI=1S/C30H26N6O/c1-21-8-9-23(18-28(21)35-30-32-16-14-27(34-30)24-7-5-15-31-19-24)29(37)33-26-12-10-22(11-13-26)25-6-3-4-17-36(2)20-25/h3-20H,1-2H3,(H,33,37)(H,32,34,35). The van der Waals surface area contributed by atoms with Crippen LogP contribution in [0.2, 0.25) is 0 Å². The van der Waals surface area contributed by atoms with Crippen molar-refractivity contribution in [1.29, 1.82) is 0 Å². The number of hydrogen-bond acceptors (Lipinski definition) is 6. The van der Waals surface area contributed by atoms with Crippen LogP contribution in [0.5, 0.6) is 0 Å². The highest BCUT2D eigenvalue weighted by atomic mass is 16.1. The Balaban J connectivity index is 1.30. The molecule has 182 valence electrons. The molecule has 0 atom stereocenters. The minimum atomic E-state index is -0.196. The van der Waals surface area contributed by atoms with Crippen LogP contribution in [0, 0.1) is 6.92 Å². The maximum Gasteiger partial charge on any atom is 0.255 e. The number of nitrogens with zero attached hydrogens (tertiary/aromatic N) is 4. The van der Waals surface area contributed by atoms with Gasteiger partial charge in [0.2, 0.25) is 5.95 Å². The van der Waals surface area contributed by atoms with Gasteiger partial charge < -0.3 is 15.5 Å². The lowest BCUT2D eigenvalue weighted by Gasteiger charge is -2.12. The van der Waals surface area contributed by atoms with E-state index in [9.17, 15) is 4.79 Å². The van der Waals surface area contributed by atoms with Gasteiger partial charge in [-0.15, -0.1) is 0 Å². The predicted molar refractivity (Wildman–Crippen MR) is 148 cm³/mol. The lowest BCUT2D eigenvalue weighted by atomic mass is 10.1. The van der Waals surface area contributed by atoms with Crippen LogP contribution < -0.4 is 10.6 Å². The van der Waals surface area contributed by atoms with Gasteiger partial charge in [-0.2, -0.15) is 0 Å². The number of rotatable bonds is 6. The van der Waals surface area contributed by atoms with Crippen LogP contribution in [-0.4, -0.2) is 32.8 Å². The first-order chi connectivity index (χ1) is 18.0. The number of hydrogen-bond donors (Lipinski definition) is 2. The van der Waals surface area contributed by atoms with E-state index in [0.717, 1.165) is 39.3 Å². The van der Waals surface area contributed by atoms with Gasteiger partial charge in [0.05, 0.1) is 5.69 Å². The molecule has 7 nitrogen and oxygen atoms in total. The summed E-state index contributed by atoms with van der Waals surface area (Å²) < 4.78 is 0. The number of nitrogens with one attached hydrogen (secondary N) is 2. The van der Waals surface area contributed by atoms with E-state index in [1.165, 1.54) is 0 Å². The topological polar surface area (TPSA) is 83.0 Å². The van der Waals surface area contributed by atoms with Crippen LogP contribution in [0.1, 0.15) is 21.5 Å². The molecule has 1 amide bonds. The highest BCUT2D eigenvalue weighted by molar-refractivity contribution is 6.05. The van der Waals surface area contributed by atoms with Gasteiger partial charge in [0, 0.05) is 60.5 Å². The molecule has 0 aliphatic carbocycles. The molecular formula is C30H26N6O. The Hall–Kier alpha value is -5.04. The molecule has 0 bridgehead atoms. The highest BCUT2D eigenvalue weighted by Crippen LogP contribution is 2.24. The number of aryl methyl sites for hydroxylation is 1. The Morgan fingerprint density at radius 1 is 0.946 bits per heavy atom. The van der Waals surface area contributed by atoms with Crippen LogP contribution in [0.3, 0.4) is 0 Å². The van der Waals surface area contributed by atoms with Crippen molar-refractivity contribution < 1.29 is 4.79 Å². The van der Waals surface area contributed by atoms with E-state index < -0.39 is 0 Å². The Bertz CT molecular complexity index is 1510. The molecule has 2 aromatic carbocycles. The van der Waals surface area contributed by atoms with Crippen LogP contribution in [0.25, 0.3) is 16.8 Å². The first-order valence-corrected chi connectivity index (χ1v) is 11.9. The number of pyridine rings is 1. The monoisotopic (exact) mass is 486 g/mol. The first-order valence-electron chi connectivity index (χ1n) is 11.9. The van der Waals surface area contributed by atoms with Crippen molar-refractivity contribution in [3.8, 4) is 11.3 Å². The number of carbonyl (C=O) groups excluding carboxylic acids is 1. The van der Waals surface area contributed by atoms with E-state index in [2.05, 4.69) is 37.9 Å². The Kier molecular flexibility index (Phi) is 6.85. The van der Waals surface area contributed by atoms with Crippen molar-refractivity contribution in [3.63, 3.8) is 0 Å². The summed E-state index contributed by atoms with van der Waals surface area (Å²) in [6.07, 6.45) is 15.3. The Morgan fingerprint density at radius 3 is 2.62 bits per heavy atom. The normalized spacial score (nSPS) is 12.6. The number of amides is 1. The van der Waals surface area contributed by atoms with Crippen molar-refractivity contribution in [1.82, 2.24) is 19.9 Å². The second-order valence-electron chi connectivity index (χ2n) is 8.64. The third kappa shape index (κ3) is 5.79. The average Bonchev–Trinajstić information content (AvgIpc) is 3.15. The largest absolute Gasteiger partial charge is 0.357 e. The van der Waals surface area contributed by atoms with E-state index in [1.807, 2.05) is 91.8 Å². The molecule has 5 rings (SSSR count). The predicted octanol–water partition coefficient (Wildman–Crippen LogP) is 6.20. The first kappa shape index (κ1) is 23.7. The van der Waals surface area contributed by atoms with Crippen LogP contribution >= 0.6 is 0 Å². The lowest BCUT2D eigenvalue weighted by Crippen LogP contribution is -2.12. The molecule has 0 spiro atoms. The van der Waals surface area contributed by atoms with Crippen molar-refractivity contribution in [2.75, 3.05) is 17.7 Å². The maximum absolute atomic E-state index is 13.0. The molecule has 2 N–H and O–H groups in total. The summed E-state index contributed by atoms with van der Waals surface area (Å²) in [5.74, 6) is 0.249. The minimum Gasteiger partial charge on any atom is -0.357 e. The molecule has 37 heavy (non-hydrogen) atoms. The summed E-state index contributed by atoms with van der Waals surface area (Å²) in [6.45, 7) is 1.97. The summed E-state index contributed by atoms with van der Waals surface area (Å²) in [7, 11) is 1.99. The van der Waals surface area contributed by atoms with Gasteiger partial charge >= 0.3 is 0 Å². The van der Waals surface area contributed by atoms with Gasteiger partial charge in [-0.05, 0) is 72.2 Å². The van der Waals surface area contributed by atoms with Gasteiger partial charge in [0.15, 0.2) is 0 Å². The third-order valence-corrected chi connectivity index (χ3v) is 5.89. The Labute approximate surface area is 215 Å². The van der Waals surface area contributed by atoms with E-state index in [-0.39, 0.29) is 5.91 Å². The quantitative estimate of drug-likeness (QED) is 0.338. The Morgan fingerprint density at radius 2 is 1.81 bits per heavy atom. The zero-order chi connectivity index (χ0) is 25.6. The molecular weight excluding hydrogens is 460 g/mol. The van der Waals surface area contributed by atoms with Crippen LogP contribution in [0.4, 0.5) is 17.3 Å². The van der Waals surface area contributed by atoms with E-state index in [1.54, 1.807) is 24.7 Å². The van der Waals surface area contributed by atoms with E-state index in [0.29, 0.717) is 11.5 Å². The summed E-state index contributed by atoms with van der Waals surface area (Å²) in [5, 5.41) is 6.24. The van der Waals surface area contributed by atoms with Gasteiger partial charge in [0.1, 0.15) is 0 Å². The fraction of sp³-hybridized carbons (Fsp3) is 0.0667. The average molecular weight is 487 g/mol. The van der Waals surface area contributed by atoms with Crippen molar-refractivity contribution >= 4 is 28.8 Å². The summed E-state index contributed by atoms with van der Waals surface area (Å²) in [5.41, 5.74) is 6.81. The van der Waals surface area contributed by atoms with Crippen LogP contribution in [-0.2, 0) is 0 Å². The molecule has 0 saturated heterocycles. The molecule has 0 unspecified atom stereocenters. The second-order valence-corrected chi connectivity index (χ2v) is 8.64. The third-order valence-electron chi connectivity index (χ3n) is 5.89. The maximum atomic E-state index is 13.0. The van der Waals surface area contributed by atoms with Gasteiger partial charge in [-0.1, -0.05) is 30.4 Å². The fourth-order valence-corrected chi connectivity index (χ4v) is 3.88. The van der Waals surface area contributed by atoms with E-state index >= 15 is 0 Å². The number of carbonyl (C=O) groups is 1. The molecule has 4 aromatic rings. The number of allylic oxidation sites excluding steroid dienone is 4. The molecule has 7 heteroatoms. The van der Waals surface area contributed by atoms with Crippen molar-refractivity contribution in [2.45, 2.75) is 6.92 Å². The molecule has 0 saturated carbocycles. The zero-order valence-electron chi connectivity index (χ0n) is 20.6. The lowest BCUT2D eigenvalue weighted by molar-refractivity contribution is 0.102. The summed E-state index contributed by atoms with van der Waals surface area (Å²) in [4.78, 5) is 28.1. The molecule has 0 radical (unpaired) electrons. The van der Waals surface area contributed by atoms with Crippen LogP contribution in [0.15, 0.2) is 110 Å². The fourth-order valence-electron chi connectivity index (χ4n) is 3.88. The molecule has 1 aliphatic heterocycles. The molecule has 2 aromatic heterocycles. The van der Waals surface area contributed by atoms with Crippen molar-refractivity contribution in [3.05, 3.63) is 127 Å².